The molecule has 0 saturated heterocycles. The van der Waals surface area contributed by atoms with Crippen LogP contribution in [0.25, 0.3) is 0 Å². The molecule has 3 rings (SSSR count). The van der Waals surface area contributed by atoms with Gasteiger partial charge in [-0.25, -0.2) is 14.3 Å². The number of aromatic nitrogens is 4. The van der Waals surface area contributed by atoms with Crippen molar-refractivity contribution in [1.82, 2.24) is 24.8 Å². The van der Waals surface area contributed by atoms with Gasteiger partial charge in [0.25, 0.3) is 0 Å². The van der Waals surface area contributed by atoms with Gasteiger partial charge in [-0.1, -0.05) is 5.16 Å². The van der Waals surface area contributed by atoms with E-state index in [9.17, 15) is 9.59 Å². The van der Waals surface area contributed by atoms with Gasteiger partial charge in [0.15, 0.2) is 5.82 Å². The molecule has 0 fully saturated rings. The highest BCUT2D eigenvalue weighted by molar-refractivity contribution is 5.88. The second-order valence-corrected chi connectivity index (χ2v) is 5.59. The molecule has 0 aromatic carbocycles. The average Bonchev–Trinajstić information content (AvgIpc) is 3.08. The minimum absolute atomic E-state index is 0.0535. The van der Waals surface area contributed by atoms with E-state index >= 15 is 0 Å². The molecule has 9 heteroatoms. The Bertz CT molecular complexity index is 744. The molecule has 0 atom stereocenters. The second kappa shape index (κ2) is 6.67. The predicted octanol–water partition coefficient (Wildman–Crippen LogP) is 0.889. The van der Waals surface area contributed by atoms with Crippen LogP contribution in [0.2, 0.25) is 0 Å². The van der Waals surface area contributed by atoms with Gasteiger partial charge in [-0.3, -0.25) is 9.88 Å². The summed E-state index contributed by atoms with van der Waals surface area (Å²) >= 11 is 0. The highest BCUT2D eigenvalue weighted by Crippen LogP contribution is 2.09. The van der Waals surface area contributed by atoms with E-state index < -0.39 is 0 Å². The van der Waals surface area contributed by atoms with Gasteiger partial charge >= 0.3 is 11.7 Å². The van der Waals surface area contributed by atoms with Crippen LogP contribution in [0.4, 0.5) is 10.6 Å². The van der Waals surface area contributed by atoms with Gasteiger partial charge in [-0.2, -0.15) is 5.10 Å². The van der Waals surface area contributed by atoms with E-state index in [1.165, 1.54) is 4.68 Å². The SMILES string of the molecule is Cc1cc(NC(=O)NCCCn2nc3n(c2=O)CCCC3)no1. The van der Waals surface area contributed by atoms with Crippen LogP contribution in [0.1, 0.15) is 30.8 Å². The standard InChI is InChI=1S/C14H20N6O3/c1-10-9-11(18-23-10)16-13(21)15-6-4-8-20-14(22)19-7-3-2-5-12(19)17-20/h9H,2-8H2,1H3,(H2,15,16,18,21). The van der Waals surface area contributed by atoms with Crippen LogP contribution in [0.3, 0.4) is 0 Å². The molecule has 0 bridgehead atoms. The molecule has 1 aliphatic heterocycles. The van der Waals surface area contributed by atoms with E-state index in [1.54, 1.807) is 17.6 Å². The number of amides is 2. The Morgan fingerprint density at radius 2 is 2.30 bits per heavy atom. The van der Waals surface area contributed by atoms with Crippen molar-refractivity contribution < 1.29 is 9.32 Å². The van der Waals surface area contributed by atoms with E-state index in [4.69, 9.17) is 4.52 Å². The fraction of sp³-hybridized carbons (Fsp3) is 0.571. The van der Waals surface area contributed by atoms with E-state index in [0.717, 1.165) is 31.6 Å². The van der Waals surface area contributed by atoms with Gasteiger partial charge < -0.3 is 9.84 Å². The highest BCUT2D eigenvalue weighted by atomic mass is 16.5. The minimum atomic E-state index is -0.352. The monoisotopic (exact) mass is 320 g/mol. The maximum atomic E-state index is 12.1. The first-order chi connectivity index (χ1) is 11.1. The number of nitrogens with one attached hydrogen (secondary N) is 2. The zero-order chi connectivity index (χ0) is 16.2. The largest absolute Gasteiger partial charge is 0.360 e. The number of fused-ring (bicyclic) bond motifs is 1. The van der Waals surface area contributed by atoms with Crippen LogP contribution in [-0.2, 0) is 19.5 Å². The second-order valence-electron chi connectivity index (χ2n) is 5.59. The normalized spacial score (nSPS) is 13.6. The first-order valence-electron chi connectivity index (χ1n) is 7.78. The van der Waals surface area contributed by atoms with Crippen LogP contribution in [0.15, 0.2) is 15.4 Å². The van der Waals surface area contributed by atoms with Crippen LogP contribution in [-0.4, -0.2) is 32.1 Å². The van der Waals surface area contributed by atoms with Gasteiger partial charge in [0.2, 0.25) is 0 Å². The van der Waals surface area contributed by atoms with Gasteiger partial charge in [0.1, 0.15) is 11.6 Å². The summed E-state index contributed by atoms with van der Waals surface area (Å²) in [6, 6.07) is 1.28. The third-order valence-electron chi connectivity index (χ3n) is 3.73. The van der Waals surface area contributed by atoms with E-state index in [-0.39, 0.29) is 11.7 Å². The lowest BCUT2D eigenvalue weighted by molar-refractivity contribution is 0.251. The zero-order valence-corrected chi connectivity index (χ0v) is 13.0. The van der Waals surface area contributed by atoms with Crippen molar-refractivity contribution >= 4 is 11.8 Å². The molecule has 2 aromatic heterocycles. The number of urea groups is 1. The summed E-state index contributed by atoms with van der Waals surface area (Å²) in [5.41, 5.74) is -0.0535. The third-order valence-corrected chi connectivity index (χ3v) is 3.73. The molecule has 3 heterocycles. The van der Waals surface area contributed by atoms with Crippen molar-refractivity contribution in [2.75, 3.05) is 11.9 Å². The molecule has 23 heavy (non-hydrogen) atoms. The summed E-state index contributed by atoms with van der Waals surface area (Å²) in [7, 11) is 0. The predicted molar refractivity (Wildman–Crippen MR) is 82.3 cm³/mol. The van der Waals surface area contributed by atoms with Crippen molar-refractivity contribution in [2.45, 2.75) is 45.7 Å². The molecular weight excluding hydrogens is 300 g/mol. The quantitative estimate of drug-likeness (QED) is 0.796. The zero-order valence-electron chi connectivity index (χ0n) is 13.0. The minimum Gasteiger partial charge on any atom is -0.360 e. The molecule has 124 valence electrons. The van der Waals surface area contributed by atoms with Gasteiger partial charge in [-0.05, 0) is 26.2 Å². The Morgan fingerprint density at radius 3 is 3.04 bits per heavy atom. The number of rotatable bonds is 5. The summed E-state index contributed by atoms with van der Waals surface area (Å²) in [6.45, 7) is 3.43. The molecule has 0 radical (unpaired) electrons. The summed E-state index contributed by atoms with van der Waals surface area (Å²) in [5, 5.41) is 13.3. The molecule has 2 amide bonds. The maximum Gasteiger partial charge on any atom is 0.345 e. The Labute approximate surface area is 132 Å². The van der Waals surface area contributed by atoms with E-state index in [0.29, 0.717) is 31.1 Å². The Morgan fingerprint density at radius 1 is 1.43 bits per heavy atom. The van der Waals surface area contributed by atoms with Crippen molar-refractivity contribution in [1.29, 1.82) is 0 Å². The number of carbonyl (C=O) groups excluding carboxylic acids is 1. The summed E-state index contributed by atoms with van der Waals surface area (Å²) < 4.78 is 8.09. The number of hydrogen-bond acceptors (Lipinski definition) is 5. The molecule has 2 aromatic rings. The molecule has 2 N–H and O–H groups in total. The number of aryl methyl sites for hydroxylation is 3. The van der Waals surface area contributed by atoms with Crippen molar-refractivity contribution in [2.24, 2.45) is 0 Å². The molecule has 0 aliphatic carbocycles. The van der Waals surface area contributed by atoms with Gasteiger partial charge in [0, 0.05) is 32.1 Å². The lowest BCUT2D eigenvalue weighted by Crippen LogP contribution is -2.31. The molecule has 9 nitrogen and oxygen atoms in total. The van der Waals surface area contributed by atoms with Gasteiger partial charge in [0.05, 0.1) is 0 Å². The lowest BCUT2D eigenvalue weighted by Gasteiger charge is -2.09. The number of carbonyl (C=O) groups is 1. The fourth-order valence-corrected chi connectivity index (χ4v) is 2.61. The summed E-state index contributed by atoms with van der Waals surface area (Å²) in [5.74, 6) is 1.87. The molecular formula is C14H20N6O3. The molecule has 0 unspecified atom stereocenters. The van der Waals surface area contributed by atoms with E-state index in [2.05, 4.69) is 20.9 Å². The Hall–Kier alpha value is -2.58. The smallest absolute Gasteiger partial charge is 0.345 e. The topological polar surface area (TPSA) is 107 Å². The summed E-state index contributed by atoms with van der Waals surface area (Å²) in [6.07, 6.45) is 3.60. The fourth-order valence-electron chi connectivity index (χ4n) is 2.61. The summed E-state index contributed by atoms with van der Waals surface area (Å²) in [4.78, 5) is 23.8. The van der Waals surface area contributed by atoms with Crippen molar-refractivity contribution in [3.8, 4) is 0 Å². The first kappa shape index (κ1) is 15.3. The molecule has 0 saturated carbocycles. The Kier molecular flexibility index (Phi) is 4.45. The van der Waals surface area contributed by atoms with Crippen molar-refractivity contribution in [3.05, 3.63) is 28.1 Å². The van der Waals surface area contributed by atoms with Crippen LogP contribution < -0.4 is 16.3 Å². The average molecular weight is 320 g/mol. The molecule has 1 aliphatic rings. The molecule has 0 spiro atoms. The van der Waals surface area contributed by atoms with Crippen molar-refractivity contribution in [3.63, 3.8) is 0 Å². The highest BCUT2D eigenvalue weighted by Gasteiger charge is 2.16. The third kappa shape index (κ3) is 3.61. The van der Waals surface area contributed by atoms with Crippen LogP contribution >= 0.6 is 0 Å². The first-order valence-corrected chi connectivity index (χ1v) is 7.78. The maximum absolute atomic E-state index is 12.1. The van der Waals surface area contributed by atoms with Crippen LogP contribution in [0, 0.1) is 6.92 Å². The number of anilines is 1. The lowest BCUT2D eigenvalue weighted by atomic mass is 10.2. The van der Waals surface area contributed by atoms with Gasteiger partial charge in [-0.15, -0.1) is 0 Å². The number of nitrogens with zero attached hydrogens (tertiary/aromatic N) is 4. The van der Waals surface area contributed by atoms with Crippen LogP contribution in [0.5, 0.6) is 0 Å². The van der Waals surface area contributed by atoms with E-state index in [1.807, 2.05) is 0 Å². The number of hydrogen-bond donors (Lipinski definition) is 2. The Balaban J connectivity index is 1.44.